The fourth-order valence-corrected chi connectivity index (χ4v) is 2.68. The van der Waals surface area contributed by atoms with Crippen molar-refractivity contribution in [1.82, 2.24) is 5.32 Å². The van der Waals surface area contributed by atoms with Crippen molar-refractivity contribution in [2.75, 3.05) is 19.7 Å². The molecule has 1 aliphatic rings. The number of likely N-dealkylation sites (N-methyl/N-ethyl adjacent to an activating group) is 1. The van der Waals surface area contributed by atoms with E-state index in [1.165, 1.54) is 32.1 Å². The van der Waals surface area contributed by atoms with E-state index in [1.54, 1.807) is 0 Å². The summed E-state index contributed by atoms with van der Waals surface area (Å²) in [5.74, 6) is 1.57. The third-order valence-electron chi connectivity index (χ3n) is 4.01. The van der Waals surface area contributed by atoms with Gasteiger partial charge in [-0.25, -0.2) is 0 Å². The lowest BCUT2D eigenvalue weighted by Crippen LogP contribution is -2.46. The lowest BCUT2D eigenvalue weighted by molar-refractivity contribution is -0.0854. The molecule has 0 aromatic carbocycles. The maximum absolute atomic E-state index is 6.26. The second-order valence-corrected chi connectivity index (χ2v) is 6.02. The Hall–Kier alpha value is -0.0800. The van der Waals surface area contributed by atoms with Gasteiger partial charge in [0.25, 0.3) is 0 Å². The Kier molecular flexibility index (Phi) is 6.50. The largest absolute Gasteiger partial charge is 0.373 e. The normalized spacial score (nSPS) is 29.8. The molecule has 2 nitrogen and oxygen atoms in total. The van der Waals surface area contributed by atoms with Crippen LogP contribution in [-0.4, -0.2) is 25.3 Å². The molecule has 0 aromatic rings. The van der Waals surface area contributed by atoms with E-state index >= 15 is 0 Å². The van der Waals surface area contributed by atoms with Gasteiger partial charge in [0.05, 0.1) is 5.60 Å². The van der Waals surface area contributed by atoms with Crippen molar-refractivity contribution < 1.29 is 4.74 Å². The van der Waals surface area contributed by atoms with E-state index in [2.05, 4.69) is 33.0 Å². The van der Waals surface area contributed by atoms with Gasteiger partial charge in [0.2, 0.25) is 0 Å². The molecule has 1 fully saturated rings. The molecule has 1 aliphatic carbocycles. The zero-order chi connectivity index (χ0) is 12.7. The van der Waals surface area contributed by atoms with Gasteiger partial charge in [-0.2, -0.15) is 0 Å². The van der Waals surface area contributed by atoms with Crippen LogP contribution in [0.4, 0.5) is 0 Å². The molecule has 0 aliphatic heterocycles. The van der Waals surface area contributed by atoms with Crippen LogP contribution in [0.15, 0.2) is 0 Å². The van der Waals surface area contributed by atoms with Crippen molar-refractivity contribution in [2.45, 2.75) is 65.4 Å². The van der Waals surface area contributed by atoms with E-state index in [4.69, 9.17) is 4.74 Å². The molecule has 17 heavy (non-hydrogen) atoms. The van der Waals surface area contributed by atoms with E-state index in [0.717, 1.165) is 25.6 Å². The minimum absolute atomic E-state index is 0.131. The van der Waals surface area contributed by atoms with E-state index in [9.17, 15) is 0 Å². The Morgan fingerprint density at radius 2 is 1.88 bits per heavy atom. The highest BCUT2D eigenvalue weighted by Crippen LogP contribution is 2.36. The van der Waals surface area contributed by atoms with Crippen molar-refractivity contribution in [3.05, 3.63) is 0 Å². The minimum Gasteiger partial charge on any atom is -0.373 e. The SMILES string of the molecule is CCNCC1(OCC(C)C)CCC(CC)CC1. The molecule has 1 rings (SSSR count). The third kappa shape index (κ3) is 4.97. The maximum Gasteiger partial charge on any atom is 0.0806 e. The lowest BCUT2D eigenvalue weighted by atomic mass is 9.77. The molecule has 0 saturated heterocycles. The van der Waals surface area contributed by atoms with Crippen molar-refractivity contribution in [3.63, 3.8) is 0 Å². The van der Waals surface area contributed by atoms with Crippen LogP contribution in [0.3, 0.4) is 0 Å². The summed E-state index contributed by atoms with van der Waals surface area (Å²) in [6.45, 7) is 11.9. The number of rotatable bonds is 7. The van der Waals surface area contributed by atoms with Crippen LogP contribution in [0.2, 0.25) is 0 Å². The van der Waals surface area contributed by atoms with E-state index < -0.39 is 0 Å². The molecular formula is C15H31NO. The van der Waals surface area contributed by atoms with Crippen LogP contribution in [-0.2, 0) is 4.74 Å². The zero-order valence-corrected chi connectivity index (χ0v) is 12.2. The van der Waals surface area contributed by atoms with Gasteiger partial charge >= 0.3 is 0 Å². The molecule has 102 valence electrons. The molecule has 0 radical (unpaired) electrons. The fourth-order valence-electron chi connectivity index (χ4n) is 2.68. The van der Waals surface area contributed by atoms with E-state index in [1.807, 2.05) is 0 Å². The van der Waals surface area contributed by atoms with Crippen molar-refractivity contribution in [3.8, 4) is 0 Å². The average molecular weight is 241 g/mol. The number of ether oxygens (including phenoxy) is 1. The Balaban J connectivity index is 2.48. The third-order valence-corrected chi connectivity index (χ3v) is 4.01. The van der Waals surface area contributed by atoms with Gasteiger partial charge in [0.1, 0.15) is 0 Å². The summed E-state index contributed by atoms with van der Waals surface area (Å²) >= 11 is 0. The molecule has 0 atom stereocenters. The topological polar surface area (TPSA) is 21.3 Å². The molecule has 0 aromatic heterocycles. The van der Waals surface area contributed by atoms with Gasteiger partial charge in [-0.05, 0) is 44.1 Å². The van der Waals surface area contributed by atoms with Gasteiger partial charge in [0.15, 0.2) is 0 Å². The molecule has 1 N–H and O–H groups in total. The first-order chi connectivity index (χ1) is 8.12. The summed E-state index contributed by atoms with van der Waals surface area (Å²) in [7, 11) is 0. The summed E-state index contributed by atoms with van der Waals surface area (Å²) < 4.78 is 6.26. The highest BCUT2D eigenvalue weighted by atomic mass is 16.5. The maximum atomic E-state index is 6.26. The molecule has 1 saturated carbocycles. The summed E-state index contributed by atoms with van der Waals surface area (Å²) in [5, 5.41) is 3.49. The Morgan fingerprint density at radius 1 is 1.24 bits per heavy atom. The van der Waals surface area contributed by atoms with Crippen LogP contribution < -0.4 is 5.32 Å². The fraction of sp³-hybridized carbons (Fsp3) is 1.00. The number of hydrogen-bond acceptors (Lipinski definition) is 2. The smallest absolute Gasteiger partial charge is 0.0806 e. The Morgan fingerprint density at radius 3 is 2.35 bits per heavy atom. The predicted molar refractivity (Wildman–Crippen MR) is 74.3 cm³/mol. The first-order valence-electron chi connectivity index (χ1n) is 7.46. The monoisotopic (exact) mass is 241 g/mol. The van der Waals surface area contributed by atoms with E-state index in [-0.39, 0.29) is 5.60 Å². The van der Waals surface area contributed by atoms with Gasteiger partial charge in [0, 0.05) is 13.2 Å². The molecular weight excluding hydrogens is 210 g/mol. The van der Waals surface area contributed by atoms with Crippen LogP contribution in [0, 0.1) is 11.8 Å². The van der Waals surface area contributed by atoms with Gasteiger partial charge in [-0.1, -0.05) is 34.1 Å². The van der Waals surface area contributed by atoms with Crippen LogP contribution in [0.5, 0.6) is 0 Å². The molecule has 0 unspecified atom stereocenters. The molecule has 0 spiro atoms. The number of nitrogens with one attached hydrogen (secondary N) is 1. The van der Waals surface area contributed by atoms with Crippen molar-refractivity contribution in [1.29, 1.82) is 0 Å². The van der Waals surface area contributed by atoms with Gasteiger partial charge < -0.3 is 10.1 Å². The average Bonchev–Trinajstić information content (AvgIpc) is 2.35. The Bertz CT molecular complexity index is 195. The summed E-state index contributed by atoms with van der Waals surface area (Å²) in [5.41, 5.74) is 0.131. The first-order valence-corrected chi connectivity index (χ1v) is 7.46. The Labute approximate surface area is 108 Å². The summed E-state index contributed by atoms with van der Waals surface area (Å²) in [6, 6.07) is 0. The molecule has 2 heteroatoms. The second-order valence-electron chi connectivity index (χ2n) is 6.02. The molecule has 0 amide bonds. The lowest BCUT2D eigenvalue weighted by Gasteiger charge is -2.40. The van der Waals surface area contributed by atoms with E-state index in [0.29, 0.717) is 5.92 Å². The second kappa shape index (κ2) is 7.38. The van der Waals surface area contributed by atoms with Crippen LogP contribution in [0.1, 0.15) is 59.8 Å². The van der Waals surface area contributed by atoms with Crippen LogP contribution in [0.25, 0.3) is 0 Å². The predicted octanol–water partition coefficient (Wildman–Crippen LogP) is 3.61. The number of hydrogen-bond donors (Lipinski definition) is 1. The first kappa shape index (κ1) is 15.0. The zero-order valence-electron chi connectivity index (χ0n) is 12.2. The quantitative estimate of drug-likeness (QED) is 0.735. The van der Waals surface area contributed by atoms with Gasteiger partial charge in [-0.15, -0.1) is 0 Å². The van der Waals surface area contributed by atoms with Gasteiger partial charge in [-0.3, -0.25) is 0 Å². The standard InChI is InChI=1S/C15H31NO/c1-5-14-7-9-15(10-8-14,12-16-6-2)17-11-13(3)4/h13-14,16H,5-12H2,1-4H3. The summed E-state index contributed by atoms with van der Waals surface area (Å²) in [6.07, 6.45) is 6.51. The van der Waals surface area contributed by atoms with Crippen molar-refractivity contribution in [2.24, 2.45) is 11.8 Å². The molecule has 0 bridgehead atoms. The summed E-state index contributed by atoms with van der Waals surface area (Å²) in [4.78, 5) is 0. The minimum atomic E-state index is 0.131. The van der Waals surface area contributed by atoms with Crippen molar-refractivity contribution >= 4 is 0 Å². The highest BCUT2D eigenvalue weighted by molar-refractivity contribution is 4.89. The molecule has 0 heterocycles. The highest BCUT2D eigenvalue weighted by Gasteiger charge is 2.35. The van der Waals surface area contributed by atoms with Crippen LogP contribution >= 0.6 is 0 Å².